The van der Waals surface area contributed by atoms with Crippen molar-refractivity contribution in [2.75, 3.05) is 19.8 Å². The Kier molecular flexibility index (Phi) is 2.97. The van der Waals surface area contributed by atoms with Gasteiger partial charge in [0.2, 0.25) is 6.41 Å². The number of amides is 1. The van der Waals surface area contributed by atoms with Gasteiger partial charge in [-0.05, 0) is 6.07 Å². The van der Waals surface area contributed by atoms with Crippen LogP contribution in [0.2, 0.25) is 0 Å². The first-order valence-corrected chi connectivity index (χ1v) is 7.36. The van der Waals surface area contributed by atoms with Gasteiger partial charge in [0.15, 0.2) is 5.79 Å². The van der Waals surface area contributed by atoms with Crippen molar-refractivity contribution in [2.45, 2.75) is 24.7 Å². The van der Waals surface area contributed by atoms with Gasteiger partial charge in [-0.2, -0.15) is 0 Å². The molecule has 5 nitrogen and oxygen atoms in total. The van der Waals surface area contributed by atoms with Crippen LogP contribution in [0, 0.1) is 0 Å². The summed E-state index contributed by atoms with van der Waals surface area (Å²) in [5, 5.41) is 1.16. The molecule has 110 valence electrons. The molecule has 0 radical (unpaired) electrons. The molecule has 1 atom stereocenters. The summed E-state index contributed by atoms with van der Waals surface area (Å²) >= 11 is 0. The summed E-state index contributed by atoms with van der Waals surface area (Å²) in [6, 6.07) is 8.15. The van der Waals surface area contributed by atoms with Crippen molar-refractivity contribution in [1.82, 2.24) is 9.88 Å². The Bertz CT molecular complexity index is 660. The molecule has 1 N–H and O–H groups in total. The fourth-order valence-corrected chi connectivity index (χ4v) is 3.51. The summed E-state index contributed by atoms with van der Waals surface area (Å²) in [4.78, 5) is 16.6. The average molecular weight is 286 g/mol. The van der Waals surface area contributed by atoms with Crippen molar-refractivity contribution >= 4 is 17.3 Å². The van der Waals surface area contributed by atoms with Gasteiger partial charge in [-0.25, -0.2) is 0 Å². The molecule has 2 aromatic rings. The number of fused-ring (bicyclic) bond motifs is 1. The summed E-state index contributed by atoms with van der Waals surface area (Å²) < 4.78 is 11.7. The summed E-state index contributed by atoms with van der Waals surface area (Å²) in [7, 11) is 0. The van der Waals surface area contributed by atoms with Crippen LogP contribution in [0.3, 0.4) is 0 Å². The molecule has 2 fully saturated rings. The van der Waals surface area contributed by atoms with Crippen LogP contribution in [0.15, 0.2) is 30.5 Å². The maximum Gasteiger partial charge on any atom is 0.210 e. The first-order chi connectivity index (χ1) is 10.3. The van der Waals surface area contributed by atoms with Crippen molar-refractivity contribution in [1.29, 1.82) is 0 Å². The fourth-order valence-electron chi connectivity index (χ4n) is 3.51. The van der Waals surface area contributed by atoms with Gasteiger partial charge in [0.1, 0.15) is 0 Å². The zero-order chi connectivity index (χ0) is 14.3. The van der Waals surface area contributed by atoms with Gasteiger partial charge in [0, 0.05) is 42.0 Å². The minimum Gasteiger partial charge on any atom is -0.361 e. The van der Waals surface area contributed by atoms with Crippen LogP contribution in [0.4, 0.5) is 0 Å². The predicted molar refractivity (Wildman–Crippen MR) is 77.7 cm³/mol. The van der Waals surface area contributed by atoms with E-state index in [0.717, 1.165) is 29.3 Å². The quantitative estimate of drug-likeness (QED) is 0.861. The van der Waals surface area contributed by atoms with E-state index in [1.54, 1.807) is 0 Å². The molecular weight excluding hydrogens is 268 g/mol. The second-order valence-electron chi connectivity index (χ2n) is 5.71. The number of carbonyl (C=O) groups is 1. The Morgan fingerprint density at radius 1 is 1.29 bits per heavy atom. The highest BCUT2D eigenvalue weighted by Gasteiger charge is 2.45. The van der Waals surface area contributed by atoms with Crippen molar-refractivity contribution in [3.05, 3.63) is 36.0 Å². The molecule has 1 aromatic carbocycles. The topological polar surface area (TPSA) is 54.6 Å². The summed E-state index contributed by atoms with van der Waals surface area (Å²) in [6.07, 6.45) is 4.37. The molecule has 0 bridgehead atoms. The number of rotatable bonds is 2. The van der Waals surface area contributed by atoms with Crippen molar-refractivity contribution in [2.24, 2.45) is 0 Å². The number of hydrogen-bond acceptors (Lipinski definition) is 3. The Morgan fingerprint density at radius 3 is 2.90 bits per heavy atom. The van der Waals surface area contributed by atoms with Crippen LogP contribution >= 0.6 is 0 Å². The monoisotopic (exact) mass is 286 g/mol. The van der Waals surface area contributed by atoms with Crippen LogP contribution in [-0.2, 0) is 14.3 Å². The summed E-state index contributed by atoms with van der Waals surface area (Å²) in [6.45, 7) is 1.94. The maximum atomic E-state index is 11.4. The molecule has 0 aliphatic carbocycles. The Balaban J connectivity index is 1.74. The molecular formula is C16H18N2O3. The number of aromatic nitrogens is 1. The van der Waals surface area contributed by atoms with E-state index < -0.39 is 5.79 Å². The molecule has 2 aliphatic heterocycles. The highest BCUT2D eigenvalue weighted by molar-refractivity contribution is 5.83. The third kappa shape index (κ3) is 2.04. The third-order valence-corrected chi connectivity index (χ3v) is 4.58. The summed E-state index contributed by atoms with van der Waals surface area (Å²) in [5.41, 5.74) is 2.22. The molecule has 4 rings (SSSR count). The minimum absolute atomic E-state index is 0.00880. The van der Waals surface area contributed by atoms with Gasteiger partial charge >= 0.3 is 0 Å². The van der Waals surface area contributed by atoms with Crippen molar-refractivity contribution < 1.29 is 14.3 Å². The number of benzene rings is 1. The number of H-pyrrole nitrogens is 1. The zero-order valence-corrected chi connectivity index (χ0v) is 11.7. The first-order valence-electron chi connectivity index (χ1n) is 7.36. The van der Waals surface area contributed by atoms with E-state index in [1.165, 1.54) is 0 Å². The molecule has 1 aromatic heterocycles. The fraction of sp³-hybridized carbons (Fsp3) is 0.438. The Morgan fingerprint density at radius 2 is 2.10 bits per heavy atom. The number of nitrogens with one attached hydrogen (secondary N) is 1. The largest absolute Gasteiger partial charge is 0.361 e. The van der Waals surface area contributed by atoms with Crippen molar-refractivity contribution in [3.8, 4) is 0 Å². The standard InChI is InChI=1S/C16H18N2O3/c19-11-18-6-5-16(20-7-8-21-16)9-15(18)13-10-17-14-4-2-1-3-12(13)14/h1-4,10-11,15,17H,5-9H2/t15-/m0/s1. The van der Waals surface area contributed by atoms with E-state index in [0.29, 0.717) is 26.2 Å². The Labute approximate surface area is 122 Å². The van der Waals surface area contributed by atoms with E-state index in [-0.39, 0.29) is 6.04 Å². The lowest BCUT2D eigenvalue weighted by Gasteiger charge is -2.41. The zero-order valence-electron chi connectivity index (χ0n) is 11.7. The maximum absolute atomic E-state index is 11.4. The highest BCUT2D eigenvalue weighted by atomic mass is 16.7. The minimum atomic E-state index is -0.511. The van der Waals surface area contributed by atoms with Crippen molar-refractivity contribution in [3.63, 3.8) is 0 Å². The number of nitrogens with zero attached hydrogens (tertiary/aromatic N) is 1. The lowest BCUT2D eigenvalue weighted by Crippen LogP contribution is -2.46. The van der Waals surface area contributed by atoms with Crippen LogP contribution in [0.25, 0.3) is 10.9 Å². The van der Waals surface area contributed by atoms with E-state index >= 15 is 0 Å². The number of hydrogen-bond donors (Lipinski definition) is 1. The van der Waals surface area contributed by atoms with Crippen LogP contribution in [-0.4, -0.2) is 41.8 Å². The smallest absolute Gasteiger partial charge is 0.210 e. The van der Waals surface area contributed by atoms with Gasteiger partial charge in [-0.3, -0.25) is 4.79 Å². The number of ether oxygens (including phenoxy) is 2. The predicted octanol–water partition coefficient (Wildman–Crippen LogP) is 2.20. The van der Waals surface area contributed by atoms with E-state index in [9.17, 15) is 4.79 Å². The number of aromatic amines is 1. The number of carbonyl (C=O) groups excluding carboxylic acids is 1. The molecule has 2 saturated heterocycles. The van der Waals surface area contributed by atoms with Crippen LogP contribution < -0.4 is 0 Å². The summed E-state index contributed by atoms with van der Waals surface area (Å²) in [5.74, 6) is -0.511. The molecule has 1 spiro atoms. The van der Waals surface area contributed by atoms with Gasteiger partial charge in [-0.1, -0.05) is 18.2 Å². The number of likely N-dealkylation sites (tertiary alicyclic amines) is 1. The molecule has 2 aliphatic rings. The van der Waals surface area contributed by atoms with Gasteiger partial charge in [0.05, 0.1) is 19.3 Å². The first kappa shape index (κ1) is 12.9. The van der Waals surface area contributed by atoms with E-state index in [1.807, 2.05) is 29.3 Å². The average Bonchev–Trinajstić information content (AvgIpc) is 3.14. The lowest BCUT2D eigenvalue weighted by molar-refractivity contribution is -0.196. The second kappa shape index (κ2) is 4.86. The molecule has 5 heteroatoms. The van der Waals surface area contributed by atoms with Crippen LogP contribution in [0.1, 0.15) is 24.4 Å². The second-order valence-corrected chi connectivity index (χ2v) is 5.71. The SMILES string of the molecule is O=CN1CCC2(C[C@H]1c1c[nH]c3ccccc13)OCCO2. The van der Waals surface area contributed by atoms with E-state index in [4.69, 9.17) is 9.47 Å². The normalized spacial score (nSPS) is 24.8. The molecule has 0 saturated carbocycles. The Hall–Kier alpha value is -1.85. The lowest BCUT2D eigenvalue weighted by atomic mass is 9.91. The van der Waals surface area contributed by atoms with Gasteiger partial charge in [-0.15, -0.1) is 0 Å². The highest BCUT2D eigenvalue weighted by Crippen LogP contribution is 2.42. The van der Waals surface area contributed by atoms with Gasteiger partial charge in [0.25, 0.3) is 0 Å². The van der Waals surface area contributed by atoms with Crippen LogP contribution in [0.5, 0.6) is 0 Å². The molecule has 1 amide bonds. The van der Waals surface area contributed by atoms with Gasteiger partial charge < -0.3 is 19.4 Å². The number of para-hydroxylation sites is 1. The molecule has 21 heavy (non-hydrogen) atoms. The molecule has 0 unspecified atom stereocenters. The molecule has 3 heterocycles. The number of piperidine rings is 1. The van der Waals surface area contributed by atoms with E-state index in [2.05, 4.69) is 11.1 Å². The third-order valence-electron chi connectivity index (χ3n) is 4.58.